The van der Waals surface area contributed by atoms with Gasteiger partial charge >= 0.3 is 0 Å². The number of anilines is 1. The molecular formula is C28H24N8O2S. The van der Waals surface area contributed by atoms with Crippen LogP contribution in [0.1, 0.15) is 34.2 Å². The number of thiophene rings is 1. The van der Waals surface area contributed by atoms with Crippen LogP contribution in [0.3, 0.4) is 0 Å². The molecule has 0 aliphatic carbocycles. The molecule has 0 aliphatic heterocycles. The van der Waals surface area contributed by atoms with Gasteiger partial charge in [-0.3, -0.25) is 18.8 Å². The number of nitrogen functional groups attached to an aromatic ring is 1. The third kappa shape index (κ3) is 5.01. The summed E-state index contributed by atoms with van der Waals surface area (Å²) in [5.74, 6) is 6.54. The largest absolute Gasteiger partial charge is 0.382 e. The number of para-hydroxylation sites is 1. The number of primary amides is 1. The zero-order chi connectivity index (χ0) is 27.5. The monoisotopic (exact) mass is 536 g/mol. The Hall–Kier alpha value is -5.21. The normalized spacial score (nSPS) is 10.6. The van der Waals surface area contributed by atoms with Gasteiger partial charge in [-0.05, 0) is 24.3 Å². The molecule has 5 aromatic heterocycles. The summed E-state index contributed by atoms with van der Waals surface area (Å²) in [6, 6.07) is 14.9. The third-order valence-electron chi connectivity index (χ3n) is 5.87. The molecule has 0 unspecified atom stereocenters. The molecule has 4 N–H and O–H groups in total. The number of hydrogen-bond acceptors (Lipinski definition) is 7. The number of carbonyl (C=O) groups excluding carboxylic acids is 1. The lowest BCUT2D eigenvalue weighted by atomic mass is 10.2. The van der Waals surface area contributed by atoms with Gasteiger partial charge in [0.1, 0.15) is 16.2 Å². The predicted octanol–water partition coefficient (Wildman–Crippen LogP) is 3.16. The number of carbonyl (C=O) groups is 1. The van der Waals surface area contributed by atoms with Crippen molar-refractivity contribution in [3.63, 3.8) is 0 Å². The summed E-state index contributed by atoms with van der Waals surface area (Å²) in [6.07, 6.45) is 5.93. The van der Waals surface area contributed by atoms with Crippen LogP contribution in [0.5, 0.6) is 0 Å². The summed E-state index contributed by atoms with van der Waals surface area (Å²) in [5, 5.41) is 10.5. The Morgan fingerprint density at radius 3 is 2.56 bits per heavy atom. The van der Waals surface area contributed by atoms with E-state index in [1.165, 1.54) is 15.9 Å². The number of aryl methyl sites for hydroxylation is 2. The van der Waals surface area contributed by atoms with Crippen LogP contribution < -0.4 is 17.0 Å². The maximum atomic E-state index is 13.3. The average molecular weight is 537 g/mol. The second-order valence-electron chi connectivity index (χ2n) is 8.49. The summed E-state index contributed by atoms with van der Waals surface area (Å²) in [7, 11) is 1.85. The quantitative estimate of drug-likeness (QED) is 0.333. The highest BCUT2D eigenvalue weighted by Crippen LogP contribution is 2.22. The van der Waals surface area contributed by atoms with Crippen molar-refractivity contribution in [2.24, 2.45) is 12.8 Å². The van der Waals surface area contributed by atoms with E-state index >= 15 is 0 Å². The molecule has 0 spiro atoms. The number of fused-ring (bicyclic) bond motifs is 2. The van der Waals surface area contributed by atoms with Gasteiger partial charge in [0.05, 0.1) is 33.9 Å². The highest BCUT2D eigenvalue weighted by atomic mass is 32.1. The first-order valence-corrected chi connectivity index (χ1v) is 12.9. The van der Waals surface area contributed by atoms with Crippen LogP contribution in [0.25, 0.3) is 21.4 Å². The maximum Gasteiger partial charge on any atom is 0.268 e. The van der Waals surface area contributed by atoms with E-state index in [4.69, 9.17) is 16.5 Å². The Kier molecular flexibility index (Phi) is 6.94. The molecule has 6 aromatic rings. The van der Waals surface area contributed by atoms with Gasteiger partial charge in [0.15, 0.2) is 5.82 Å². The van der Waals surface area contributed by atoms with Crippen molar-refractivity contribution >= 4 is 38.8 Å². The van der Waals surface area contributed by atoms with Gasteiger partial charge in [0, 0.05) is 31.2 Å². The van der Waals surface area contributed by atoms with Crippen LogP contribution in [0, 0.1) is 11.8 Å². The third-order valence-corrected chi connectivity index (χ3v) is 6.74. The average Bonchev–Trinajstić information content (AvgIpc) is 3.63. The highest BCUT2D eigenvalue weighted by Gasteiger charge is 2.16. The van der Waals surface area contributed by atoms with Crippen LogP contribution in [0.2, 0.25) is 0 Å². The van der Waals surface area contributed by atoms with Crippen LogP contribution in [-0.2, 0) is 13.5 Å². The fourth-order valence-corrected chi connectivity index (χ4v) is 4.98. The Labute approximate surface area is 227 Å². The van der Waals surface area contributed by atoms with Gasteiger partial charge in [0.25, 0.3) is 11.5 Å². The van der Waals surface area contributed by atoms with Crippen LogP contribution in [0.15, 0.2) is 77.3 Å². The van der Waals surface area contributed by atoms with E-state index in [9.17, 15) is 9.59 Å². The molecule has 0 saturated heterocycles. The second kappa shape index (κ2) is 10.6. The standard InChI is InChI=1S/C20H16N4OS.C8H8N4O/c1-3-17-22-19-18(20(25)24(17)16-7-5-4-6-8-16)15(13-26-19)10-9-14-11-21-23(2)12-14;9-7-6(8(10)13)5-3-1-2-4-12(5)11-7/h4-8,11-13H,3H2,1-2H3;1-4H,(H2,9,11)(H2,10,13). The topological polar surface area (TPSA) is 139 Å². The second-order valence-corrected chi connectivity index (χ2v) is 9.35. The summed E-state index contributed by atoms with van der Waals surface area (Å²) in [6.45, 7) is 2.00. The van der Waals surface area contributed by atoms with E-state index in [0.29, 0.717) is 22.9 Å². The first-order chi connectivity index (χ1) is 18.9. The van der Waals surface area contributed by atoms with E-state index in [1.54, 1.807) is 39.8 Å². The molecule has 0 atom stereocenters. The van der Waals surface area contributed by atoms with E-state index in [-0.39, 0.29) is 16.9 Å². The minimum atomic E-state index is -0.557. The van der Waals surface area contributed by atoms with Crippen molar-refractivity contribution in [3.05, 3.63) is 105 Å². The van der Waals surface area contributed by atoms with Gasteiger partial charge in [-0.15, -0.1) is 16.4 Å². The minimum absolute atomic E-state index is 0.0743. The van der Waals surface area contributed by atoms with Gasteiger partial charge in [0.2, 0.25) is 0 Å². The number of amides is 1. The zero-order valence-corrected chi connectivity index (χ0v) is 22.0. The molecular weight excluding hydrogens is 512 g/mol. The number of pyridine rings is 1. The van der Waals surface area contributed by atoms with Crippen LogP contribution >= 0.6 is 11.3 Å². The summed E-state index contributed by atoms with van der Waals surface area (Å²) in [4.78, 5) is 29.7. The van der Waals surface area contributed by atoms with Crippen molar-refractivity contribution in [2.75, 3.05) is 5.73 Å². The number of nitrogens with zero attached hydrogens (tertiary/aromatic N) is 6. The Balaban J connectivity index is 0.000000198. The summed E-state index contributed by atoms with van der Waals surface area (Å²) < 4.78 is 4.91. The Morgan fingerprint density at radius 2 is 1.87 bits per heavy atom. The summed E-state index contributed by atoms with van der Waals surface area (Å²) >= 11 is 1.45. The molecule has 194 valence electrons. The first-order valence-electron chi connectivity index (χ1n) is 12.0. The fraction of sp³-hybridized carbons (Fsp3) is 0.107. The minimum Gasteiger partial charge on any atom is -0.382 e. The molecule has 6 rings (SSSR count). The van der Waals surface area contributed by atoms with Crippen molar-refractivity contribution in [3.8, 4) is 17.5 Å². The van der Waals surface area contributed by atoms with Crippen LogP contribution in [0.4, 0.5) is 5.82 Å². The van der Waals surface area contributed by atoms with Crippen molar-refractivity contribution < 1.29 is 4.79 Å². The number of hydrogen-bond donors (Lipinski definition) is 2. The molecule has 0 fully saturated rings. The molecule has 0 radical (unpaired) electrons. The van der Waals surface area contributed by atoms with Gasteiger partial charge in [-0.2, -0.15) is 5.10 Å². The lowest BCUT2D eigenvalue weighted by Gasteiger charge is -2.11. The van der Waals surface area contributed by atoms with E-state index in [1.807, 2.05) is 55.9 Å². The number of nitrogens with two attached hydrogens (primary N) is 2. The van der Waals surface area contributed by atoms with E-state index in [2.05, 4.69) is 22.0 Å². The zero-order valence-electron chi connectivity index (χ0n) is 21.2. The SMILES string of the molecule is CCc1nc2scc(C#Cc3cnn(C)c3)c2c(=O)n1-c1ccccc1.NC(=O)c1c(N)nn2ccccc12. The predicted molar refractivity (Wildman–Crippen MR) is 152 cm³/mol. The molecule has 11 heteroatoms. The van der Waals surface area contributed by atoms with Gasteiger partial charge in [-0.25, -0.2) is 9.50 Å². The van der Waals surface area contributed by atoms with E-state index < -0.39 is 5.91 Å². The molecule has 0 aliphatic rings. The number of rotatable bonds is 3. The Morgan fingerprint density at radius 1 is 1.10 bits per heavy atom. The molecule has 0 saturated carbocycles. The maximum absolute atomic E-state index is 13.3. The highest BCUT2D eigenvalue weighted by molar-refractivity contribution is 7.17. The van der Waals surface area contributed by atoms with Gasteiger partial charge in [-0.1, -0.05) is 43.0 Å². The number of benzene rings is 1. The van der Waals surface area contributed by atoms with Crippen LogP contribution in [-0.4, -0.2) is 34.9 Å². The van der Waals surface area contributed by atoms with Crippen molar-refractivity contribution in [1.82, 2.24) is 28.9 Å². The Bertz CT molecular complexity index is 1940. The smallest absolute Gasteiger partial charge is 0.268 e. The number of aromatic nitrogens is 6. The molecule has 0 bridgehead atoms. The fourth-order valence-electron chi connectivity index (χ4n) is 4.10. The van der Waals surface area contributed by atoms with Crippen molar-refractivity contribution in [2.45, 2.75) is 13.3 Å². The molecule has 1 aromatic carbocycles. The molecule has 1 amide bonds. The van der Waals surface area contributed by atoms with Gasteiger partial charge < -0.3 is 11.5 Å². The molecule has 39 heavy (non-hydrogen) atoms. The molecule has 10 nitrogen and oxygen atoms in total. The summed E-state index contributed by atoms with van der Waals surface area (Å²) in [5.41, 5.74) is 13.9. The van der Waals surface area contributed by atoms with E-state index in [0.717, 1.165) is 21.9 Å². The lowest BCUT2D eigenvalue weighted by molar-refractivity contribution is 0.100. The lowest BCUT2D eigenvalue weighted by Crippen LogP contribution is -2.23. The van der Waals surface area contributed by atoms with Crippen molar-refractivity contribution in [1.29, 1.82) is 0 Å². The first kappa shape index (κ1) is 25.4. The molecule has 5 heterocycles.